The zero-order valence-corrected chi connectivity index (χ0v) is 15.1. The van der Waals surface area contributed by atoms with Gasteiger partial charge in [0.2, 0.25) is 11.1 Å². The number of anilines is 1. The number of hydrogen-bond acceptors (Lipinski definition) is 6. The Morgan fingerprint density at radius 1 is 1.27 bits per heavy atom. The first kappa shape index (κ1) is 18.2. The molecule has 1 aromatic carbocycles. The van der Waals surface area contributed by atoms with Gasteiger partial charge in [0.1, 0.15) is 11.6 Å². The standard InChI is InChI=1S/C16H14ClFN6OS/c1-9(15(25)21-13-7-4-11(17)8-20-13)26-16-23-22-14(24(16)19)10-2-5-12(18)6-3-10/h2-9H,19H2,1H3,(H,20,21,25)/t9-/m0/s1. The highest BCUT2D eigenvalue weighted by Crippen LogP contribution is 2.25. The summed E-state index contributed by atoms with van der Waals surface area (Å²) in [6, 6.07) is 8.97. The number of carbonyl (C=O) groups is 1. The van der Waals surface area contributed by atoms with Crippen LogP contribution in [0.15, 0.2) is 47.8 Å². The fourth-order valence-electron chi connectivity index (χ4n) is 2.04. The topological polar surface area (TPSA) is 98.7 Å². The van der Waals surface area contributed by atoms with E-state index in [9.17, 15) is 9.18 Å². The summed E-state index contributed by atoms with van der Waals surface area (Å²) in [5, 5.41) is 11.0. The Labute approximate surface area is 157 Å². The monoisotopic (exact) mass is 392 g/mol. The second-order valence-electron chi connectivity index (χ2n) is 5.29. The van der Waals surface area contributed by atoms with Crippen molar-refractivity contribution in [1.82, 2.24) is 19.9 Å². The van der Waals surface area contributed by atoms with E-state index in [-0.39, 0.29) is 11.7 Å². The Bertz CT molecular complexity index is 915. The maximum atomic E-state index is 13.0. The van der Waals surface area contributed by atoms with Gasteiger partial charge in [-0.05, 0) is 43.3 Å². The molecule has 0 aliphatic rings. The van der Waals surface area contributed by atoms with Crippen LogP contribution in [0.2, 0.25) is 5.02 Å². The highest BCUT2D eigenvalue weighted by molar-refractivity contribution is 8.00. The van der Waals surface area contributed by atoms with Crippen molar-refractivity contribution < 1.29 is 9.18 Å². The highest BCUT2D eigenvalue weighted by Gasteiger charge is 2.20. The normalized spacial score (nSPS) is 12.0. The van der Waals surface area contributed by atoms with Crippen molar-refractivity contribution >= 4 is 35.1 Å². The number of pyridine rings is 1. The van der Waals surface area contributed by atoms with Gasteiger partial charge in [-0.15, -0.1) is 10.2 Å². The molecular weight excluding hydrogens is 379 g/mol. The molecule has 0 spiro atoms. The third kappa shape index (κ3) is 4.12. The molecule has 0 saturated carbocycles. The van der Waals surface area contributed by atoms with Crippen LogP contribution in [0, 0.1) is 5.82 Å². The van der Waals surface area contributed by atoms with Gasteiger partial charge in [-0.1, -0.05) is 23.4 Å². The second-order valence-corrected chi connectivity index (χ2v) is 7.04. The van der Waals surface area contributed by atoms with Crippen molar-refractivity contribution in [3.05, 3.63) is 53.4 Å². The van der Waals surface area contributed by atoms with E-state index in [1.165, 1.54) is 23.0 Å². The lowest BCUT2D eigenvalue weighted by atomic mass is 10.2. The van der Waals surface area contributed by atoms with Crippen LogP contribution in [-0.4, -0.2) is 31.0 Å². The van der Waals surface area contributed by atoms with E-state index in [4.69, 9.17) is 17.4 Å². The van der Waals surface area contributed by atoms with Gasteiger partial charge in [-0.2, -0.15) is 0 Å². The molecular formula is C16H14ClFN6OS. The van der Waals surface area contributed by atoms with Gasteiger partial charge in [-0.3, -0.25) is 4.79 Å². The molecule has 0 aliphatic heterocycles. The molecule has 10 heteroatoms. The van der Waals surface area contributed by atoms with Gasteiger partial charge >= 0.3 is 0 Å². The Kier molecular flexibility index (Phi) is 5.38. The van der Waals surface area contributed by atoms with Crippen molar-refractivity contribution in [2.24, 2.45) is 0 Å². The first-order valence-electron chi connectivity index (χ1n) is 7.49. The van der Waals surface area contributed by atoms with E-state index < -0.39 is 5.25 Å². The number of thioether (sulfide) groups is 1. The molecule has 0 bridgehead atoms. The molecule has 1 atom stereocenters. The van der Waals surface area contributed by atoms with E-state index in [1.54, 1.807) is 31.2 Å². The van der Waals surface area contributed by atoms with Crippen molar-refractivity contribution in [2.75, 3.05) is 11.2 Å². The quantitative estimate of drug-likeness (QED) is 0.511. The smallest absolute Gasteiger partial charge is 0.238 e. The first-order valence-corrected chi connectivity index (χ1v) is 8.75. The summed E-state index contributed by atoms with van der Waals surface area (Å²) in [5.74, 6) is 6.16. The summed E-state index contributed by atoms with van der Waals surface area (Å²) in [7, 11) is 0. The molecule has 0 aliphatic carbocycles. The van der Waals surface area contributed by atoms with Gasteiger partial charge in [0.05, 0.1) is 10.3 Å². The first-order chi connectivity index (χ1) is 12.4. The van der Waals surface area contributed by atoms with Crippen LogP contribution < -0.4 is 11.2 Å². The number of amides is 1. The zero-order valence-electron chi connectivity index (χ0n) is 13.6. The van der Waals surface area contributed by atoms with Crippen LogP contribution in [0.4, 0.5) is 10.2 Å². The third-order valence-electron chi connectivity index (χ3n) is 3.40. The SMILES string of the molecule is C[C@H](Sc1nnc(-c2ccc(F)cc2)n1N)C(=O)Nc1ccc(Cl)cn1. The predicted octanol–water partition coefficient (Wildman–Crippen LogP) is 2.97. The molecule has 0 saturated heterocycles. The van der Waals surface area contributed by atoms with Crippen LogP contribution in [0.25, 0.3) is 11.4 Å². The lowest BCUT2D eigenvalue weighted by Gasteiger charge is -2.11. The summed E-state index contributed by atoms with van der Waals surface area (Å²) in [4.78, 5) is 16.3. The molecule has 3 N–H and O–H groups in total. The molecule has 26 heavy (non-hydrogen) atoms. The average Bonchev–Trinajstić information content (AvgIpc) is 2.98. The molecule has 2 heterocycles. The number of rotatable bonds is 5. The number of nitrogens with one attached hydrogen (secondary N) is 1. The van der Waals surface area contributed by atoms with Crippen LogP contribution >= 0.6 is 23.4 Å². The van der Waals surface area contributed by atoms with Crippen LogP contribution in [0.3, 0.4) is 0 Å². The minimum Gasteiger partial charge on any atom is -0.335 e. The largest absolute Gasteiger partial charge is 0.335 e. The van der Waals surface area contributed by atoms with Crippen LogP contribution in [0.5, 0.6) is 0 Å². The molecule has 134 valence electrons. The predicted molar refractivity (Wildman–Crippen MR) is 98.8 cm³/mol. The van der Waals surface area contributed by atoms with E-state index >= 15 is 0 Å². The van der Waals surface area contributed by atoms with Gasteiger partial charge in [0.15, 0.2) is 5.82 Å². The van der Waals surface area contributed by atoms with Crippen molar-refractivity contribution in [1.29, 1.82) is 0 Å². The van der Waals surface area contributed by atoms with Crippen molar-refractivity contribution in [2.45, 2.75) is 17.3 Å². The lowest BCUT2D eigenvalue weighted by Crippen LogP contribution is -2.24. The summed E-state index contributed by atoms with van der Waals surface area (Å²) in [5.41, 5.74) is 0.621. The van der Waals surface area contributed by atoms with E-state index in [0.29, 0.717) is 27.4 Å². The Morgan fingerprint density at radius 2 is 2.00 bits per heavy atom. The number of nitrogens with two attached hydrogens (primary N) is 1. The molecule has 3 rings (SSSR count). The third-order valence-corrected chi connectivity index (χ3v) is 4.68. The summed E-state index contributed by atoms with van der Waals surface area (Å²) < 4.78 is 14.3. The fraction of sp³-hybridized carbons (Fsp3) is 0.125. The number of halogens is 2. The number of nitrogen functional groups attached to an aromatic ring is 1. The molecule has 1 amide bonds. The van der Waals surface area contributed by atoms with Gasteiger partial charge in [0.25, 0.3) is 0 Å². The minimum atomic E-state index is -0.500. The summed E-state index contributed by atoms with van der Waals surface area (Å²) in [6.45, 7) is 1.71. The highest BCUT2D eigenvalue weighted by atomic mass is 35.5. The number of hydrogen-bond donors (Lipinski definition) is 2. The molecule has 0 fully saturated rings. The molecule has 2 aromatic heterocycles. The lowest BCUT2D eigenvalue weighted by molar-refractivity contribution is -0.115. The van der Waals surface area contributed by atoms with Crippen molar-refractivity contribution in [3.8, 4) is 11.4 Å². The van der Waals surface area contributed by atoms with Gasteiger partial charge in [0, 0.05) is 11.8 Å². The van der Waals surface area contributed by atoms with E-state index in [2.05, 4.69) is 20.5 Å². The van der Waals surface area contributed by atoms with E-state index in [1.807, 2.05) is 0 Å². The number of benzene rings is 1. The Balaban J connectivity index is 1.69. The molecule has 7 nitrogen and oxygen atoms in total. The summed E-state index contributed by atoms with van der Waals surface area (Å²) >= 11 is 6.91. The molecule has 0 radical (unpaired) electrons. The Morgan fingerprint density at radius 3 is 2.65 bits per heavy atom. The maximum absolute atomic E-state index is 13.0. The van der Waals surface area contributed by atoms with Gasteiger partial charge < -0.3 is 11.2 Å². The number of aromatic nitrogens is 4. The van der Waals surface area contributed by atoms with Gasteiger partial charge in [-0.25, -0.2) is 14.1 Å². The van der Waals surface area contributed by atoms with Crippen molar-refractivity contribution in [3.63, 3.8) is 0 Å². The van der Waals surface area contributed by atoms with E-state index in [0.717, 1.165) is 11.8 Å². The average molecular weight is 393 g/mol. The summed E-state index contributed by atoms with van der Waals surface area (Å²) in [6.07, 6.45) is 1.44. The zero-order chi connectivity index (χ0) is 18.7. The maximum Gasteiger partial charge on any atom is 0.238 e. The molecule has 3 aromatic rings. The van der Waals surface area contributed by atoms with Crippen LogP contribution in [-0.2, 0) is 4.79 Å². The molecule has 0 unspecified atom stereocenters. The minimum absolute atomic E-state index is 0.267. The number of nitrogens with zero attached hydrogens (tertiary/aromatic N) is 4. The number of carbonyl (C=O) groups excluding carboxylic acids is 1. The second kappa shape index (κ2) is 7.71. The Hall–Kier alpha value is -2.65. The van der Waals surface area contributed by atoms with Crippen LogP contribution in [0.1, 0.15) is 6.92 Å². The fourth-order valence-corrected chi connectivity index (χ4v) is 2.92.